The molecule has 78 valence electrons. The fraction of sp³-hybridized carbons (Fsp3) is 0.0714. The summed E-state index contributed by atoms with van der Waals surface area (Å²) in [6.45, 7) is 2.01. The van der Waals surface area contributed by atoms with Crippen LogP contribution < -0.4 is 0 Å². The van der Waals surface area contributed by atoms with E-state index in [1.165, 1.54) is 0 Å². The molecule has 2 rings (SSSR count). The lowest BCUT2D eigenvalue weighted by Gasteiger charge is -2.05. The van der Waals surface area contributed by atoms with Crippen molar-refractivity contribution in [2.24, 2.45) is 0 Å². The van der Waals surface area contributed by atoms with Gasteiger partial charge in [-0.3, -0.25) is 0 Å². The van der Waals surface area contributed by atoms with E-state index in [2.05, 4.69) is 6.07 Å². The Morgan fingerprint density at radius 1 is 1.06 bits per heavy atom. The summed E-state index contributed by atoms with van der Waals surface area (Å²) in [4.78, 5) is 0. The van der Waals surface area contributed by atoms with Crippen LogP contribution in [0.3, 0.4) is 0 Å². The summed E-state index contributed by atoms with van der Waals surface area (Å²) >= 11 is 5.84. The van der Waals surface area contributed by atoms with E-state index in [1.807, 2.05) is 49.4 Å². The van der Waals surface area contributed by atoms with Gasteiger partial charge in [0.05, 0.1) is 11.6 Å². The second-order valence-corrected chi connectivity index (χ2v) is 4.10. The maximum absolute atomic E-state index is 9.05. The Bertz CT molecular complexity index is 550. The van der Waals surface area contributed by atoms with Gasteiger partial charge in [0.25, 0.3) is 0 Å². The highest BCUT2D eigenvalue weighted by atomic mass is 35.5. The fourth-order valence-corrected chi connectivity index (χ4v) is 1.75. The van der Waals surface area contributed by atoms with Gasteiger partial charge in [-0.05, 0) is 36.2 Å². The second-order valence-electron chi connectivity index (χ2n) is 3.67. The molecule has 0 saturated heterocycles. The summed E-state index contributed by atoms with van der Waals surface area (Å²) in [7, 11) is 0. The Kier molecular flexibility index (Phi) is 2.94. The van der Waals surface area contributed by atoms with E-state index in [4.69, 9.17) is 16.9 Å². The fourth-order valence-electron chi connectivity index (χ4n) is 1.62. The summed E-state index contributed by atoms with van der Waals surface area (Å²) in [6.07, 6.45) is 0. The van der Waals surface area contributed by atoms with Crippen molar-refractivity contribution in [3.8, 4) is 17.2 Å². The zero-order valence-corrected chi connectivity index (χ0v) is 9.62. The molecule has 0 spiro atoms. The van der Waals surface area contributed by atoms with Crippen LogP contribution >= 0.6 is 11.6 Å². The van der Waals surface area contributed by atoms with Gasteiger partial charge >= 0.3 is 0 Å². The summed E-state index contributed by atoms with van der Waals surface area (Å²) in [5.74, 6) is 0. The van der Waals surface area contributed by atoms with Crippen molar-refractivity contribution in [2.45, 2.75) is 6.92 Å². The van der Waals surface area contributed by atoms with E-state index in [0.717, 1.165) is 16.7 Å². The molecule has 0 radical (unpaired) electrons. The molecular weight excluding hydrogens is 218 g/mol. The third-order valence-electron chi connectivity index (χ3n) is 2.45. The van der Waals surface area contributed by atoms with Crippen molar-refractivity contribution in [2.75, 3.05) is 0 Å². The molecule has 0 aromatic heterocycles. The maximum Gasteiger partial charge on any atom is 0.0998 e. The molecule has 0 aliphatic rings. The van der Waals surface area contributed by atoms with Gasteiger partial charge in [0.15, 0.2) is 0 Å². The third kappa shape index (κ3) is 2.08. The van der Waals surface area contributed by atoms with Gasteiger partial charge < -0.3 is 0 Å². The van der Waals surface area contributed by atoms with Crippen molar-refractivity contribution in [3.63, 3.8) is 0 Å². The lowest BCUT2D eigenvalue weighted by atomic mass is 9.98. The monoisotopic (exact) mass is 227 g/mol. The minimum atomic E-state index is 0.688. The van der Waals surface area contributed by atoms with Crippen molar-refractivity contribution >= 4 is 11.6 Å². The Morgan fingerprint density at radius 2 is 1.75 bits per heavy atom. The Morgan fingerprint density at radius 3 is 2.38 bits per heavy atom. The molecule has 16 heavy (non-hydrogen) atoms. The number of rotatable bonds is 1. The van der Waals surface area contributed by atoms with E-state index in [-0.39, 0.29) is 0 Å². The quantitative estimate of drug-likeness (QED) is 0.717. The number of halogens is 1. The van der Waals surface area contributed by atoms with Crippen LogP contribution in [0.15, 0.2) is 42.5 Å². The summed E-state index contributed by atoms with van der Waals surface area (Å²) < 4.78 is 0. The molecule has 0 fully saturated rings. The second kappa shape index (κ2) is 4.38. The van der Waals surface area contributed by atoms with Crippen LogP contribution in [-0.2, 0) is 0 Å². The van der Waals surface area contributed by atoms with Gasteiger partial charge in [0, 0.05) is 5.02 Å². The van der Waals surface area contributed by atoms with E-state index >= 15 is 0 Å². The average molecular weight is 228 g/mol. The van der Waals surface area contributed by atoms with Crippen LogP contribution in [0, 0.1) is 18.3 Å². The first-order valence-electron chi connectivity index (χ1n) is 4.97. The predicted molar refractivity (Wildman–Crippen MR) is 66.3 cm³/mol. The summed E-state index contributed by atoms with van der Waals surface area (Å²) in [6, 6.07) is 15.5. The van der Waals surface area contributed by atoms with Gasteiger partial charge in [0.1, 0.15) is 0 Å². The van der Waals surface area contributed by atoms with Gasteiger partial charge in [-0.2, -0.15) is 5.26 Å². The molecule has 0 bridgehead atoms. The topological polar surface area (TPSA) is 23.8 Å². The molecule has 0 aliphatic heterocycles. The normalized spacial score (nSPS) is 9.81. The molecular formula is C14H10ClN. The highest BCUT2D eigenvalue weighted by Gasteiger charge is 2.04. The van der Waals surface area contributed by atoms with E-state index in [0.29, 0.717) is 10.6 Å². The van der Waals surface area contributed by atoms with Gasteiger partial charge in [-0.15, -0.1) is 0 Å². The lowest BCUT2D eigenvalue weighted by molar-refractivity contribution is 1.42. The van der Waals surface area contributed by atoms with Crippen molar-refractivity contribution in [3.05, 3.63) is 58.6 Å². The highest BCUT2D eigenvalue weighted by Crippen LogP contribution is 2.25. The molecule has 0 N–H and O–H groups in total. The highest BCUT2D eigenvalue weighted by molar-refractivity contribution is 6.30. The number of hydrogen-bond donors (Lipinski definition) is 0. The molecule has 0 atom stereocenters. The Balaban J connectivity index is 2.59. The van der Waals surface area contributed by atoms with Crippen molar-refractivity contribution < 1.29 is 0 Å². The zero-order chi connectivity index (χ0) is 11.5. The number of nitriles is 1. The molecule has 2 aromatic rings. The predicted octanol–water partition coefficient (Wildman–Crippen LogP) is 4.19. The number of hydrogen-bond acceptors (Lipinski definition) is 1. The first kappa shape index (κ1) is 10.7. The molecule has 1 nitrogen and oxygen atoms in total. The standard InChI is InChI=1S/C14H10ClN/c1-10-2-3-12(9-16)14(8-10)11-4-6-13(15)7-5-11/h2-8H,1H3. The largest absolute Gasteiger partial charge is 0.192 e. The molecule has 0 amide bonds. The van der Waals surface area contributed by atoms with E-state index in [1.54, 1.807) is 0 Å². The summed E-state index contributed by atoms with van der Waals surface area (Å²) in [5, 5.41) is 9.75. The van der Waals surface area contributed by atoms with E-state index in [9.17, 15) is 0 Å². The minimum Gasteiger partial charge on any atom is -0.192 e. The molecule has 0 heterocycles. The smallest absolute Gasteiger partial charge is 0.0998 e. The van der Waals surface area contributed by atoms with Crippen LogP contribution in [0.25, 0.3) is 11.1 Å². The number of benzene rings is 2. The third-order valence-corrected chi connectivity index (χ3v) is 2.70. The van der Waals surface area contributed by atoms with Crippen LogP contribution in [0.4, 0.5) is 0 Å². The van der Waals surface area contributed by atoms with Gasteiger partial charge in [-0.1, -0.05) is 41.4 Å². The van der Waals surface area contributed by atoms with Crippen molar-refractivity contribution in [1.29, 1.82) is 5.26 Å². The molecule has 2 aromatic carbocycles. The zero-order valence-electron chi connectivity index (χ0n) is 8.87. The SMILES string of the molecule is Cc1ccc(C#N)c(-c2ccc(Cl)cc2)c1. The number of nitrogens with zero attached hydrogens (tertiary/aromatic N) is 1. The van der Waals surface area contributed by atoms with Crippen LogP contribution in [-0.4, -0.2) is 0 Å². The average Bonchev–Trinajstić information content (AvgIpc) is 2.30. The molecule has 0 saturated carbocycles. The minimum absolute atomic E-state index is 0.688. The Hall–Kier alpha value is -1.78. The summed E-state index contributed by atoms with van der Waals surface area (Å²) in [5.41, 5.74) is 3.81. The van der Waals surface area contributed by atoms with Crippen LogP contribution in [0.1, 0.15) is 11.1 Å². The first-order valence-corrected chi connectivity index (χ1v) is 5.35. The van der Waals surface area contributed by atoms with E-state index < -0.39 is 0 Å². The molecule has 2 heteroatoms. The van der Waals surface area contributed by atoms with Crippen LogP contribution in [0.5, 0.6) is 0 Å². The molecule has 0 unspecified atom stereocenters. The lowest BCUT2D eigenvalue weighted by Crippen LogP contribution is -1.85. The first-order chi connectivity index (χ1) is 7.70. The van der Waals surface area contributed by atoms with Gasteiger partial charge in [-0.25, -0.2) is 0 Å². The molecule has 0 aliphatic carbocycles. The number of aryl methyl sites for hydroxylation is 1. The maximum atomic E-state index is 9.05. The Labute approximate surface area is 99.9 Å². The van der Waals surface area contributed by atoms with Crippen LogP contribution in [0.2, 0.25) is 5.02 Å². The van der Waals surface area contributed by atoms with Gasteiger partial charge in [0.2, 0.25) is 0 Å². The van der Waals surface area contributed by atoms with Crippen molar-refractivity contribution in [1.82, 2.24) is 0 Å².